The first kappa shape index (κ1) is 26.9. The minimum Gasteiger partial charge on any atom is -0.380 e. The van der Waals surface area contributed by atoms with E-state index in [1.807, 2.05) is 51.1 Å². The van der Waals surface area contributed by atoms with Crippen LogP contribution in [0.5, 0.6) is 0 Å². The molecule has 4 aromatic rings. The minimum absolute atomic E-state index is 0.0850. The van der Waals surface area contributed by atoms with Crippen molar-refractivity contribution in [1.82, 2.24) is 15.0 Å². The zero-order valence-electron chi connectivity index (χ0n) is 21.9. The fourth-order valence-corrected chi connectivity index (χ4v) is 5.15. The van der Waals surface area contributed by atoms with Gasteiger partial charge < -0.3 is 9.30 Å². The van der Waals surface area contributed by atoms with Crippen molar-refractivity contribution in [2.24, 2.45) is 5.10 Å². The van der Waals surface area contributed by atoms with Crippen molar-refractivity contribution in [3.8, 4) is 22.9 Å². The van der Waals surface area contributed by atoms with Gasteiger partial charge in [-0.25, -0.2) is 10.4 Å². The number of hydrogen-bond acceptors (Lipinski definition) is 6. The Morgan fingerprint density at radius 2 is 1.82 bits per heavy atom. The van der Waals surface area contributed by atoms with Crippen LogP contribution in [0.15, 0.2) is 76.9 Å². The molecular formula is C30H29N5O2S. The van der Waals surface area contributed by atoms with Gasteiger partial charge in [0.15, 0.2) is 0 Å². The number of nitrogens with zero attached hydrogens (tertiary/aromatic N) is 4. The highest BCUT2D eigenvalue weighted by Gasteiger charge is 2.14. The molecule has 1 N–H and O–H groups in total. The second-order valence-corrected chi connectivity index (χ2v) is 9.77. The summed E-state index contributed by atoms with van der Waals surface area (Å²) in [6.45, 7) is 6.24. The van der Waals surface area contributed by atoms with E-state index in [2.05, 4.69) is 62.5 Å². The molecule has 7 nitrogen and oxygen atoms in total. The van der Waals surface area contributed by atoms with Gasteiger partial charge in [0.25, 0.3) is 0 Å². The van der Waals surface area contributed by atoms with Gasteiger partial charge in [-0.3, -0.25) is 4.79 Å². The number of carbonyl (C=O) groups excluding carboxylic acids is 1. The van der Waals surface area contributed by atoms with Crippen LogP contribution in [0, 0.1) is 32.1 Å². The number of methoxy groups -OCH3 is 1. The van der Waals surface area contributed by atoms with Crippen LogP contribution in [-0.4, -0.2) is 34.5 Å². The van der Waals surface area contributed by atoms with Crippen molar-refractivity contribution in [2.75, 3.05) is 12.9 Å². The normalized spacial score (nSPS) is 11.0. The van der Waals surface area contributed by atoms with Crippen LogP contribution in [0.25, 0.3) is 16.8 Å². The SMILES string of the molecule is COCc1cc(C)nc(SCC(=O)NN=Cc2cc(C)n(-c3ccc(-c4ccccc4)cc3)c2C)c1C#N. The maximum atomic E-state index is 12.4. The Morgan fingerprint density at radius 1 is 1.11 bits per heavy atom. The number of hydrazone groups is 1. The fraction of sp³-hybridized carbons (Fsp3) is 0.200. The van der Waals surface area contributed by atoms with Gasteiger partial charge >= 0.3 is 0 Å². The molecule has 0 fully saturated rings. The summed E-state index contributed by atoms with van der Waals surface area (Å²) < 4.78 is 7.35. The number of nitrogens with one attached hydrogen (secondary N) is 1. The van der Waals surface area contributed by atoms with E-state index in [0.717, 1.165) is 39.5 Å². The van der Waals surface area contributed by atoms with E-state index in [-0.39, 0.29) is 11.7 Å². The average Bonchev–Trinajstić information content (AvgIpc) is 3.20. The highest BCUT2D eigenvalue weighted by molar-refractivity contribution is 8.00. The fourth-order valence-electron chi connectivity index (χ4n) is 4.29. The van der Waals surface area contributed by atoms with Gasteiger partial charge in [-0.2, -0.15) is 10.4 Å². The number of thioether (sulfide) groups is 1. The van der Waals surface area contributed by atoms with Crippen molar-refractivity contribution < 1.29 is 9.53 Å². The number of aromatic nitrogens is 2. The van der Waals surface area contributed by atoms with Crippen LogP contribution in [0.1, 0.15) is 33.8 Å². The molecule has 0 aliphatic rings. The number of carbonyl (C=O) groups is 1. The molecule has 192 valence electrons. The molecule has 4 rings (SSSR count). The third kappa shape index (κ3) is 6.20. The van der Waals surface area contributed by atoms with E-state index in [1.54, 1.807) is 13.3 Å². The summed E-state index contributed by atoms with van der Waals surface area (Å²) in [5, 5.41) is 14.2. The summed E-state index contributed by atoms with van der Waals surface area (Å²) in [7, 11) is 1.58. The highest BCUT2D eigenvalue weighted by atomic mass is 32.2. The zero-order valence-corrected chi connectivity index (χ0v) is 22.7. The highest BCUT2D eigenvalue weighted by Crippen LogP contribution is 2.25. The molecule has 2 aromatic carbocycles. The van der Waals surface area contributed by atoms with E-state index >= 15 is 0 Å². The number of aryl methyl sites for hydroxylation is 2. The first-order valence-corrected chi connectivity index (χ1v) is 13.1. The molecule has 0 saturated carbocycles. The summed E-state index contributed by atoms with van der Waals surface area (Å²) in [4.78, 5) is 16.9. The standard InChI is InChI=1S/C30H29N5O2S/c1-20-14-26(18-37-4)28(16-31)30(33-20)38-19-29(36)34-32-17-25-15-21(2)35(22(25)3)27-12-10-24(11-13-27)23-8-6-5-7-9-23/h5-15,17H,18-19H2,1-4H3,(H,34,36). The predicted octanol–water partition coefficient (Wildman–Crippen LogP) is 5.73. The van der Waals surface area contributed by atoms with Crippen LogP contribution in [0.2, 0.25) is 0 Å². The molecule has 2 heterocycles. The number of rotatable bonds is 9. The molecule has 0 atom stereocenters. The number of pyridine rings is 1. The Labute approximate surface area is 227 Å². The first-order chi connectivity index (χ1) is 18.4. The van der Waals surface area contributed by atoms with E-state index in [0.29, 0.717) is 17.2 Å². The van der Waals surface area contributed by atoms with Gasteiger partial charge in [-0.15, -0.1) is 0 Å². The molecule has 0 saturated heterocycles. The molecule has 2 aromatic heterocycles. The number of amides is 1. The lowest BCUT2D eigenvalue weighted by molar-refractivity contribution is -0.118. The minimum atomic E-state index is -0.281. The number of ether oxygens (including phenoxy) is 1. The molecule has 0 spiro atoms. The molecule has 0 bridgehead atoms. The lowest BCUT2D eigenvalue weighted by atomic mass is 10.1. The molecular weight excluding hydrogens is 494 g/mol. The van der Waals surface area contributed by atoms with Crippen LogP contribution in [0.4, 0.5) is 0 Å². The Morgan fingerprint density at radius 3 is 2.50 bits per heavy atom. The number of nitriles is 1. The van der Waals surface area contributed by atoms with Gasteiger partial charge in [-0.1, -0.05) is 54.2 Å². The lowest BCUT2D eigenvalue weighted by Crippen LogP contribution is -2.20. The molecule has 38 heavy (non-hydrogen) atoms. The van der Waals surface area contributed by atoms with Crippen molar-refractivity contribution in [2.45, 2.75) is 32.4 Å². The van der Waals surface area contributed by atoms with Crippen molar-refractivity contribution in [1.29, 1.82) is 5.26 Å². The summed E-state index contributed by atoms with van der Waals surface area (Å²) in [5.41, 5.74) is 11.0. The van der Waals surface area contributed by atoms with Gasteiger partial charge in [0, 0.05) is 35.4 Å². The monoisotopic (exact) mass is 523 g/mol. The maximum absolute atomic E-state index is 12.4. The Bertz CT molecular complexity index is 1500. The van der Waals surface area contributed by atoms with Crippen LogP contribution >= 0.6 is 11.8 Å². The zero-order chi connectivity index (χ0) is 27.1. The van der Waals surface area contributed by atoms with E-state index < -0.39 is 0 Å². The van der Waals surface area contributed by atoms with E-state index in [9.17, 15) is 10.1 Å². The molecule has 0 aliphatic heterocycles. The van der Waals surface area contributed by atoms with Crippen LogP contribution < -0.4 is 5.43 Å². The summed E-state index contributed by atoms with van der Waals surface area (Å²) in [6.07, 6.45) is 1.65. The van der Waals surface area contributed by atoms with Crippen molar-refractivity contribution >= 4 is 23.9 Å². The number of benzene rings is 2. The average molecular weight is 524 g/mol. The predicted molar refractivity (Wildman–Crippen MR) is 152 cm³/mol. The first-order valence-electron chi connectivity index (χ1n) is 12.1. The molecule has 0 radical (unpaired) electrons. The Balaban J connectivity index is 1.41. The molecule has 1 amide bonds. The van der Waals surface area contributed by atoms with Gasteiger partial charge in [0.1, 0.15) is 11.1 Å². The largest absolute Gasteiger partial charge is 0.380 e. The third-order valence-electron chi connectivity index (χ3n) is 6.04. The smallest absolute Gasteiger partial charge is 0.250 e. The maximum Gasteiger partial charge on any atom is 0.250 e. The second-order valence-electron chi connectivity index (χ2n) is 8.80. The lowest BCUT2D eigenvalue weighted by Gasteiger charge is -2.11. The third-order valence-corrected chi connectivity index (χ3v) is 7.02. The van der Waals surface area contributed by atoms with E-state index in [4.69, 9.17) is 4.74 Å². The molecule has 0 unspecified atom stereocenters. The quantitative estimate of drug-likeness (QED) is 0.172. The van der Waals surface area contributed by atoms with Gasteiger partial charge in [0.05, 0.1) is 24.1 Å². The molecule has 8 heteroatoms. The van der Waals surface area contributed by atoms with Crippen molar-refractivity contribution in [3.05, 3.63) is 101 Å². The van der Waals surface area contributed by atoms with E-state index in [1.165, 1.54) is 17.3 Å². The Hall–Kier alpha value is -4.19. The summed E-state index contributed by atoms with van der Waals surface area (Å²) in [6, 6.07) is 24.8. The topological polar surface area (TPSA) is 92.3 Å². The van der Waals surface area contributed by atoms with Crippen LogP contribution in [-0.2, 0) is 16.1 Å². The summed E-state index contributed by atoms with van der Waals surface area (Å²) >= 11 is 1.21. The Kier molecular flexibility index (Phi) is 8.74. The second kappa shape index (κ2) is 12.4. The van der Waals surface area contributed by atoms with Gasteiger partial charge in [-0.05, 0) is 61.7 Å². The van der Waals surface area contributed by atoms with Gasteiger partial charge in [0.2, 0.25) is 5.91 Å². The molecule has 0 aliphatic carbocycles. The van der Waals surface area contributed by atoms with Crippen molar-refractivity contribution in [3.63, 3.8) is 0 Å². The van der Waals surface area contributed by atoms with Crippen LogP contribution in [0.3, 0.4) is 0 Å². The summed E-state index contributed by atoms with van der Waals surface area (Å²) in [5.74, 6) is -0.196. The number of hydrogen-bond donors (Lipinski definition) is 1.